The molecule has 0 aliphatic heterocycles. The predicted octanol–water partition coefficient (Wildman–Crippen LogP) is 3.70. The second-order valence-electron chi connectivity index (χ2n) is 5.17. The van der Waals surface area contributed by atoms with E-state index in [-0.39, 0.29) is 10.9 Å². The Balaban J connectivity index is 2.41. The summed E-state index contributed by atoms with van der Waals surface area (Å²) in [5, 5.41) is 3.89. The minimum absolute atomic E-state index is 0.0660. The Labute approximate surface area is 93.6 Å². The first kappa shape index (κ1) is 12.3. The lowest BCUT2D eigenvalue weighted by molar-refractivity contribution is 0.308. The van der Waals surface area contributed by atoms with E-state index < -0.39 is 0 Å². The van der Waals surface area contributed by atoms with Crippen LogP contribution in [0.2, 0.25) is 0 Å². The fraction of sp³-hybridized carbons (Fsp3) is 1.00. The number of nitrogens with one attached hydrogen (secondary N) is 1. The minimum atomic E-state index is 0.0660. The van der Waals surface area contributed by atoms with Crippen molar-refractivity contribution in [3.05, 3.63) is 0 Å². The Morgan fingerprint density at radius 3 is 2.07 bits per heavy atom. The molecule has 1 rings (SSSR count). The summed E-state index contributed by atoms with van der Waals surface area (Å²) in [5.41, 5.74) is 0.0660. The molecular formula is C12H24ClN. The van der Waals surface area contributed by atoms with Crippen LogP contribution < -0.4 is 5.32 Å². The average Bonchev–Trinajstić information content (AvgIpc) is 2.32. The van der Waals surface area contributed by atoms with E-state index in [2.05, 4.69) is 26.1 Å². The maximum atomic E-state index is 6.17. The van der Waals surface area contributed by atoms with Crippen LogP contribution in [0.4, 0.5) is 0 Å². The first-order valence-corrected chi connectivity index (χ1v) is 6.38. The zero-order chi connectivity index (χ0) is 10.6. The lowest BCUT2D eigenvalue weighted by Crippen LogP contribution is -2.50. The van der Waals surface area contributed by atoms with Gasteiger partial charge >= 0.3 is 0 Å². The molecule has 1 nitrogen and oxygen atoms in total. The van der Waals surface area contributed by atoms with E-state index in [4.69, 9.17) is 11.6 Å². The van der Waals surface area contributed by atoms with Crippen LogP contribution in [-0.4, -0.2) is 17.0 Å². The lowest BCUT2D eigenvalue weighted by atomic mass is 9.97. The zero-order valence-corrected chi connectivity index (χ0v) is 10.5. The van der Waals surface area contributed by atoms with Crippen molar-refractivity contribution < 1.29 is 0 Å². The van der Waals surface area contributed by atoms with Crippen LogP contribution in [0.3, 0.4) is 0 Å². The molecule has 1 N–H and O–H groups in total. The summed E-state index contributed by atoms with van der Waals surface area (Å²) < 4.78 is 0. The fourth-order valence-corrected chi connectivity index (χ4v) is 2.13. The Kier molecular flexibility index (Phi) is 4.72. The van der Waals surface area contributed by atoms with E-state index in [1.54, 1.807) is 0 Å². The zero-order valence-electron chi connectivity index (χ0n) is 9.78. The summed E-state index contributed by atoms with van der Waals surface area (Å²) in [6, 6.07) is 0.689. The highest BCUT2D eigenvalue weighted by Crippen LogP contribution is 2.22. The molecule has 1 fully saturated rings. The molecule has 1 aliphatic rings. The van der Waals surface area contributed by atoms with Gasteiger partial charge in [-0.3, -0.25) is 0 Å². The topological polar surface area (TPSA) is 12.0 Å². The summed E-state index contributed by atoms with van der Waals surface area (Å²) in [6.45, 7) is 6.48. The predicted molar refractivity (Wildman–Crippen MR) is 64.0 cm³/mol. The van der Waals surface area contributed by atoms with E-state index in [1.165, 1.54) is 38.5 Å². The van der Waals surface area contributed by atoms with Crippen LogP contribution in [0.25, 0.3) is 0 Å². The summed E-state index contributed by atoms with van der Waals surface area (Å²) in [4.78, 5) is 0. The van der Waals surface area contributed by atoms with E-state index in [9.17, 15) is 0 Å². The second-order valence-corrected chi connectivity index (χ2v) is 5.83. The minimum Gasteiger partial charge on any atom is -0.308 e. The highest BCUT2D eigenvalue weighted by atomic mass is 35.5. The standard InChI is InChI=1S/C12H24ClN/c1-10(13)12(2,3)14-11-8-6-4-5-7-9-11/h10-11,14H,4-9H2,1-3H3. The van der Waals surface area contributed by atoms with Crippen molar-refractivity contribution in [3.63, 3.8) is 0 Å². The van der Waals surface area contributed by atoms with E-state index >= 15 is 0 Å². The number of hydrogen-bond donors (Lipinski definition) is 1. The lowest BCUT2D eigenvalue weighted by Gasteiger charge is -2.33. The summed E-state index contributed by atoms with van der Waals surface area (Å²) in [7, 11) is 0. The van der Waals surface area contributed by atoms with Crippen molar-refractivity contribution in [2.24, 2.45) is 0 Å². The molecule has 1 saturated carbocycles. The van der Waals surface area contributed by atoms with Gasteiger partial charge in [-0.05, 0) is 33.6 Å². The van der Waals surface area contributed by atoms with Crippen molar-refractivity contribution in [3.8, 4) is 0 Å². The van der Waals surface area contributed by atoms with Gasteiger partial charge in [0.05, 0.1) is 0 Å². The Bertz CT molecular complexity index is 158. The van der Waals surface area contributed by atoms with Gasteiger partial charge in [0.25, 0.3) is 0 Å². The van der Waals surface area contributed by atoms with Gasteiger partial charge in [-0.25, -0.2) is 0 Å². The van der Waals surface area contributed by atoms with Gasteiger partial charge in [0, 0.05) is 17.0 Å². The Hall–Kier alpha value is 0.250. The van der Waals surface area contributed by atoms with Crippen LogP contribution >= 0.6 is 11.6 Å². The molecule has 1 aliphatic carbocycles. The maximum absolute atomic E-state index is 6.17. The third-order valence-corrected chi connectivity index (χ3v) is 3.97. The highest BCUT2D eigenvalue weighted by Gasteiger charge is 2.27. The molecule has 0 aromatic rings. The van der Waals surface area contributed by atoms with Crippen LogP contribution in [0.15, 0.2) is 0 Å². The number of hydrogen-bond acceptors (Lipinski definition) is 1. The van der Waals surface area contributed by atoms with Crippen LogP contribution in [0.5, 0.6) is 0 Å². The molecule has 0 spiro atoms. The van der Waals surface area contributed by atoms with Crippen LogP contribution in [0, 0.1) is 0 Å². The van der Waals surface area contributed by atoms with Gasteiger partial charge < -0.3 is 5.32 Å². The third kappa shape index (κ3) is 3.78. The second kappa shape index (κ2) is 5.37. The number of halogens is 1. The molecule has 0 amide bonds. The molecule has 0 radical (unpaired) electrons. The van der Waals surface area contributed by atoms with E-state index in [0.29, 0.717) is 6.04 Å². The molecule has 1 unspecified atom stereocenters. The number of rotatable bonds is 3. The maximum Gasteiger partial charge on any atom is 0.0484 e. The van der Waals surface area contributed by atoms with E-state index in [1.807, 2.05) is 0 Å². The van der Waals surface area contributed by atoms with Crippen molar-refractivity contribution in [2.75, 3.05) is 0 Å². The summed E-state index contributed by atoms with van der Waals surface area (Å²) in [5.74, 6) is 0. The van der Waals surface area contributed by atoms with Gasteiger partial charge in [0.2, 0.25) is 0 Å². The van der Waals surface area contributed by atoms with Crippen LogP contribution in [0.1, 0.15) is 59.3 Å². The van der Waals surface area contributed by atoms with E-state index in [0.717, 1.165) is 0 Å². The SMILES string of the molecule is CC(Cl)C(C)(C)NC1CCCCCC1. The summed E-state index contributed by atoms with van der Waals surface area (Å²) in [6.07, 6.45) is 8.24. The van der Waals surface area contributed by atoms with Gasteiger partial charge in [0.15, 0.2) is 0 Å². The molecule has 0 aromatic heterocycles. The van der Waals surface area contributed by atoms with Crippen LogP contribution in [-0.2, 0) is 0 Å². The number of alkyl halides is 1. The molecular weight excluding hydrogens is 194 g/mol. The van der Waals surface area contributed by atoms with Crippen molar-refractivity contribution in [1.82, 2.24) is 5.32 Å². The summed E-state index contributed by atoms with van der Waals surface area (Å²) >= 11 is 6.17. The molecule has 2 heteroatoms. The van der Waals surface area contributed by atoms with Gasteiger partial charge in [-0.15, -0.1) is 11.6 Å². The fourth-order valence-electron chi connectivity index (χ4n) is 2.06. The molecule has 0 aromatic carbocycles. The van der Waals surface area contributed by atoms with Crippen molar-refractivity contribution >= 4 is 11.6 Å². The average molecular weight is 218 g/mol. The van der Waals surface area contributed by atoms with Gasteiger partial charge in [-0.1, -0.05) is 25.7 Å². The van der Waals surface area contributed by atoms with Crippen molar-refractivity contribution in [1.29, 1.82) is 0 Å². The normalized spacial score (nSPS) is 23.1. The Morgan fingerprint density at radius 2 is 1.64 bits per heavy atom. The first-order valence-electron chi connectivity index (χ1n) is 5.94. The Morgan fingerprint density at radius 1 is 1.14 bits per heavy atom. The molecule has 0 bridgehead atoms. The smallest absolute Gasteiger partial charge is 0.0484 e. The van der Waals surface area contributed by atoms with Gasteiger partial charge in [-0.2, -0.15) is 0 Å². The van der Waals surface area contributed by atoms with Crippen molar-refractivity contribution in [2.45, 2.75) is 76.3 Å². The molecule has 84 valence electrons. The monoisotopic (exact) mass is 217 g/mol. The molecule has 0 heterocycles. The molecule has 14 heavy (non-hydrogen) atoms. The third-order valence-electron chi connectivity index (χ3n) is 3.43. The first-order chi connectivity index (χ1) is 6.52. The van der Waals surface area contributed by atoms with Gasteiger partial charge in [0.1, 0.15) is 0 Å². The highest BCUT2D eigenvalue weighted by molar-refractivity contribution is 6.21. The largest absolute Gasteiger partial charge is 0.308 e. The quantitative estimate of drug-likeness (QED) is 0.562. The molecule has 0 saturated heterocycles. The molecule has 1 atom stereocenters.